The van der Waals surface area contributed by atoms with Gasteiger partial charge in [0.1, 0.15) is 11.0 Å². The maximum Gasteiger partial charge on any atom is 0.316 e. The summed E-state index contributed by atoms with van der Waals surface area (Å²) in [7, 11) is 0. The number of carbonyl (C=O) groups excluding carboxylic acids is 1. The van der Waals surface area contributed by atoms with Crippen molar-refractivity contribution >= 4 is 28.8 Å². The van der Waals surface area contributed by atoms with Crippen molar-refractivity contribution < 1.29 is 14.3 Å². The molecule has 8 nitrogen and oxygen atoms in total. The van der Waals surface area contributed by atoms with Gasteiger partial charge in [-0.05, 0) is 32.9 Å². The summed E-state index contributed by atoms with van der Waals surface area (Å²) in [4.78, 5) is 46.4. The van der Waals surface area contributed by atoms with Crippen molar-refractivity contribution in [3.8, 4) is 5.69 Å². The van der Waals surface area contributed by atoms with E-state index in [0.29, 0.717) is 22.8 Å². The molecule has 4 rings (SSSR count). The number of H-pyrrole nitrogens is 1. The molecular formula is C22H23N3O5S. The van der Waals surface area contributed by atoms with Gasteiger partial charge in [-0.3, -0.25) is 19.0 Å². The highest BCUT2D eigenvalue weighted by Crippen LogP contribution is 2.26. The molecule has 0 fully saturated rings. The van der Waals surface area contributed by atoms with E-state index in [1.807, 2.05) is 19.9 Å². The van der Waals surface area contributed by atoms with Gasteiger partial charge < -0.3 is 14.5 Å². The third-order valence-electron chi connectivity index (χ3n) is 5.04. The zero-order valence-corrected chi connectivity index (χ0v) is 18.4. The van der Waals surface area contributed by atoms with E-state index in [0.717, 1.165) is 17.5 Å². The minimum atomic E-state index is -0.489. The predicted molar refractivity (Wildman–Crippen MR) is 118 cm³/mol. The van der Waals surface area contributed by atoms with E-state index < -0.39 is 17.1 Å². The molecule has 0 amide bonds. The number of hydrogen-bond donors (Lipinski definition) is 1. The number of hydrogen-bond acceptors (Lipinski definition) is 7. The lowest BCUT2D eigenvalue weighted by Crippen LogP contribution is -2.37. The van der Waals surface area contributed by atoms with E-state index in [9.17, 15) is 14.4 Å². The van der Waals surface area contributed by atoms with Crippen LogP contribution >= 0.6 is 11.8 Å². The first-order valence-corrected chi connectivity index (χ1v) is 11.0. The van der Waals surface area contributed by atoms with Crippen LogP contribution in [0.15, 0.2) is 45.1 Å². The third kappa shape index (κ3) is 4.15. The molecule has 0 aliphatic carbocycles. The maximum absolute atomic E-state index is 13.5. The van der Waals surface area contributed by atoms with Crippen LogP contribution in [-0.2, 0) is 27.3 Å². The van der Waals surface area contributed by atoms with E-state index in [1.54, 1.807) is 31.2 Å². The number of aromatic nitrogens is 3. The van der Waals surface area contributed by atoms with Crippen LogP contribution in [0.4, 0.5) is 0 Å². The van der Waals surface area contributed by atoms with Gasteiger partial charge >= 0.3 is 5.97 Å². The second-order valence-corrected chi connectivity index (χ2v) is 8.77. The van der Waals surface area contributed by atoms with Gasteiger partial charge in [-0.15, -0.1) is 0 Å². The molecule has 3 aromatic rings. The van der Waals surface area contributed by atoms with Crippen molar-refractivity contribution in [1.29, 1.82) is 0 Å². The molecule has 0 saturated carbocycles. The molecule has 0 radical (unpaired) electrons. The van der Waals surface area contributed by atoms with Crippen LogP contribution in [0.3, 0.4) is 0 Å². The van der Waals surface area contributed by atoms with E-state index in [4.69, 9.17) is 9.47 Å². The van der Waals surface area contributed by atoms with Gasteiger partial charge in [-0.1, -0.05) is 30.0 Å². The number of nitrogens with one attached hydrogen (secondary N) is 1. The van der Waals surface area contributed by atoms with Crippen molar-refractivity contribution in [2.45, 2.75) is 44.6 Å². The van der Waals surface area contributed by atoms with Crippen LogP contribution in [0.1, 0.15) is 32.0 Å². The van der Waals surface area contributed by atoms with Crippen molar-refractivity contribution in [3.05, 3.63) is 62.2 Å². The highest BCUT2D eigenvalue weighted by molar-refractivity contribution is 7.99. The molecule has 31 heavy (non-hydrogen) atoms. The molecule has 3 heterocycles. The molecule has 1 aliphatic heterocycles. The van der Waals surface area contributed by atoms with Crippen LogP contribution in [-0.4, -0.2) is 38.5 Å². The Labute approximate surface area is 182 Å². The molecule has 162 valence electrons. The standard InChI is InChI=1S/C22H23N3O5S/c1-4-29-16(26)12-31-21-24-19-17(20(28)25(21)13-8-6-5-7-9-13)18(27)14-11-30-22(2,3)10-15(14)23-19/h5-9H,4,10-12H2,1-3H3,(H,23,27). The van der Waals surface area contributed by atoms with Crippen molar-refractivity contribution in [3.63, 3.8) is 0 Å². The quantitative estimate of drug-likeness (QED) is 0.369. The first-order valence-electron chi connectivity index (χ1n) is 9.99. The molecular weight excluding hydrogens is 418 g/mol. The third-order valence-corrected chi connectivity index (χ3v) is 5.95. The molecule has 0 bridgehead atoms. The average Bonchev–Trinajstić information content (AvgIpc) is 2.72. The largest absolute Gasteiger partial charge is 0.465 e. The molecule has 2 aromatic heterocycles. The second-order valence-electron chi connectivity index (χ2n) is 7.82. The Morgan fingerprint density at radius 3 is 2.74 bits per heavy atom. The highest BCUT2D eigenvalue weighted by Gasteiger charge is 2.30. The maximum atomic E-state index is 13.5. The summed E-state index contributed by atoms with van der Waals surface area (Å²) in [5.74, 6) is -0.409. The monoisotopic (exact) mass is 441 g/mol. The first-order chi connectivity index (χ1) is 14.8. The number of ether oxygens (including phenoxy) is 2. The summed E-state index contributed by atoms with van der Waals surface area (Å²) in [5.41, 5.74) is 0.661. The molecule has 0 unspecified atom stereocenters. The van der Waals surface area contributed by atoms with Gasteiger partial charge in [0.2, 0.25) is 5.43 Å². The molecule has 1 N–H and O–H groups in total. The number of esters is 1. The fourth-order valence-corrected chi connectivity index (χ4v) is 4.38. The minimum Gasteiger partial charge on any atom is -0.465 e. The van der Waals surface area contributed by atoms with Crippen LogP contribution < -0.4 is 11.0 Å². The second kappa shape index (κ2) is 8.32. The Bertz CT molecular complexity index is 1260. The molecule has 0 saturated heterocycles. The van der Waals surface area contributed by atoms with Crippen LogP contribution in [0, 0.1) is 0 Å². The summed E-state index contributed by atoms with van der Waals surface area (Å²) < 4.78 is 12.1. The SMILES string of the molecule is CCOC(=O)CSc1nc2[nH]c3c(c(=O)c2c(=O)n1-c1ccccc1)COC(C)(C)C3. The summed E-state index contributed by atoms with van der Waals surface area (Å²) >= 11 is 1.09. The smallest absolute Gasteiger partial charge is 0.316 e. The highest BCUT2D eigenvalue weighted by atomic mass is 32.2. The summed E-state index contributed by atoms with van der Waals surface area (Å²) in [6.07, 6.45) is 0.502. The van der Waals surface area contributed by atoms with Crippen LogP contribution in [0.5, 0.6) is 0 Å². The molecule has 0 atom stereocenters. The Morgan fingerprint density at radius 1 is 1.29 bits per heavy atom. The van der Waals surface area contributed by atoms with Crippen molar-refractivity contribution in [1.82, 2.24) is 14.5 Å². The zero-order valence-electron chi connectivity index (χ0n) is 17.6. The molecule has 1 aromatic carbocycles. The van der Waals surface area contributed by atoms with Gasteiger partial charge in [0.25, 0.3) is 5.56 Å². The minimum absolute atomic E-state index is 0.00529. The Morgan fingerprint density at radius 2 is 2.03 bits per heavy atom. The van der Waals surface area contributed by atoms with Gasteiger partial charge in [0.15, 0.2) is 5.16 Å². The first kappa shape index (κ1) is 21.3. The van der Waals surface area contributed by atoms with Gasteiger partial charge in [-0.25, -0.2) is 4.98 Å². The van der Waals surface area contributed by atoms with Crippen LogP contribution in [0.25, 0.3) is 16.7 Å². The average molecular weight is 442 g/mol. The van der Waals surface area contributed by atoms with E-state index >= 15 is 0 Å². The topological polar surface area (TPSA) is 103 Å². The van der Waals surface area contributed by atoms with E-state index in [2.05, 4.69) is 9.97 Å². The Hall–Kier alpha value is -2.91. The fraction of sp³-hybridized carbons (Fsp3) is 0.364. The number of nitrogens with zero attached hydrogens (tertiary/aromatic N) is 2. The number of carbonyl (C=O) groups is 1. The Balaban J connectivity index is 1.93. The van der Waals surface area contributed by atoms with E-state index in [1.165, 1.54) is 4.57 Å². The number of aromatic amines is 1. The number of fused-ring (bicyclic) bond motifs is 2. The fourth-order valence-electron chi connectivity index (χ4n) is 3.58. The lowest BCUT2D eigenvalue weighted by Gasteiger charge is -2.31. The van der Waals surface area contributed by atoms with Crippen molar-refractivity contribution in [2.75, 3.05) is 12.4 Å². The summed E-state index contributed by atoms with van der Waals surface area (Å²) in [5, 5.41) is 0.282. The number of benzene rings is 1. The molecule has 9 heteroatoms. The number of rotatable bonds is 5. The van der Waals surface area contributed by atoms with Gasteiger partial charge in [-0.2, -0.15) is 0 Å². The van der Waals surface area contributed by atoms with E-state index in [-0.39, 0.29) is 35.4 Å². The summed E-state index contributed by atoms with van der Waals surface area (Å²) in [6, 6.07) is 8.91. The predicted octanol–water partition coefficient (Wildman–Crippen LogP) is 2.58. The normalized spacial score (nSPS) is 14.9. The van der Waals surface area contributed by atoms with Crippen molar-refractivity contribution in [2.24, 2.45) is 0 Å². The number of pyridine rings is 1. The van der Waals surface area contributed by atoms with Gasteiger partial charge in [0.05, 0.1) is 30.3 Å². The number of thioether (sulfide) groups is 1. The molecule has 1 aliphatic rings. The van der Waals surface area contributed by atoms with Crippen LogP contribution in [0.2, 0.25) is 0 Å². The lowest BCUT2D eigenvalue weighted by atomic mass is 9.95. The molecule has 0 spiro atoms. The zero-order chi connectivity index (χ0) is 22.2. The summed E-state index contributed by atoms with van der Waals surface area (Å²) in [6.45, 7) is 6.03. The Kier molecular flexibility index (Phi) is 5.72. The number of para-hydroxylation sites is 1. The lowest BCUT2D eigenvalue weighted by molar-refractivity contribution is -0.139. The van der Waals surface area contributed by atoms with Gasteiger partial charge in [0, 0.05) is 17.7 Å².